The highest BCUT2D eigenvalue weighted by Gasteiger charge is 2.25. The van der Waals surface area contributed by atoms with Crippen molar-refractivity contribution in [3.63, 3.8) is 0 Å². The van der Waals surface area contributed by atoms with Gasteiger partial charge in [0.1, 0.15) is 0 Å². The Labute approximate surface area is 182 Å². The van der Waals surface area contributed by atoms with Crippen molar-refractivity contribution in [2.75, 3.05) is 48.9 Å². The minimum Gasteiger partial charge on any atom is -0.379 e. The quantitative estimate of drug-likeness (QED) is 0.637. The van der Waals surface area contributed by atoms with Gasteiger partial charge in [0, 0.05) is 25.4 Å². The first-order valence-corrected chi connectivity index (χ1v) is 13.2. The second-order valence-electron chi connectivity index (χ2n) is 7.15. The van der Waals surface area contributed by atoms with E-state index in [-0.39, 0.29) is 48.3 Å². The molecule has 3 heterocycles. The molecule has 0 spiro atoms. The molecule has 4 rings (SSSR count). The van der Waals surface area contributed by atoms with E-state index < -0.39 is 9.84 Å². The van der Waals surface area contributed by atoms with E-state index in [1.165, 1.54) is 28.0 Å². The lowest BCUT2D eigenvalue weighted by molar-refractivity contribution is -0.119. The lowest BCUT2D eigenvalue weighted by atomic mass is 10.3. The number of hydrogen-bond donors (Lipinski definition) is 2. The van der Waals surface area contributed by atoms with Crippen LogP contribution in [0.25, 0.3) is 10.2 Å². The molecule has 12 heteroatoms. The van der Waals surface area contributed by atoms with Gasteiger partial charge in [0.15, 0.2) is 14.2 Å². The molecule has 0 radical (unpaired) electrons. The molecule has 2 saturated heterocycles. The summed E-state index contributed by atoms with van der Waals surface area (Å²) in [6.07, 6.45) is 0.847. The Kier molecular flexibility index (Phi) is 6.46. The summed E-state index contributed by atoms with van der Waals surface area (Å²) in [5.74, 6) is 0.246. The average molecular weight is 471 g/mol. The van der Waals surface area contributed by atoms with E-state index in [4.69, 9.17) is 4.74 Å². The van der Waals surface area contributed by atoms with Gasteiger partial charge in [0.25, 0.3) is 0 Å². The maximum Gasteiger partial charge on any atom is 0.321 e. The van der Waals surface area contributed by atoms with E-state index in [1.807, 2.05) is 12.1 Å². The Morgan fingerprint density at radius 3 is 2.83 bits per heavy atom. The molecule has 3 amide bonds. The Morgan fingerprint density at radius 1 is 1.30 bits per heavy atom. The van der Waals surface area contributed by atoms with Crippen molar-refractivity contribution in [1.82, 2.24) is 15.2 Å². The van der Waals surface area contributed by atoms with Gasteiger partial charge in [-0.25, -0.2) is 18.2 Å². The molecule has 0 aliphatic carbocycles. The van der Waals surface area contributed by atoms with E-state index in [2.05, 4.69) is 15.6 Å². The molecule has 30 heavy (non-hydrogen) atoms. The zero-order chi connectivity index (χ0) is 21.1. The highest BCUT2D eigenvalue weighted by atomic mass is 32.2. The van der Waals surface area contributed by atoms with Crippen LogP contribution in [0.2, 0.25) is 0 Å². The number of carbonyl (C=O) groups is 2. The van der Waals surface area contributed by atoms with Crippen molar-refractivity contribution in [2.24, 2.45) is 0 Å². The molecule has 2 N–H and O–H groups in total. The van der Waals surface area contributed by atoms with Crippen molar-refractivity contribution in [3.05, 3.63) is 18.2 Å². The lowest BCUT2D eigenvalue weighted by Crippen LogP contribution is -2.45. The highest BCUT2D eigenvalue weighted by Crippen LogP contribution is 2.31. The van der Waals surface area contributed by atoms with Crippen LogP contribution >= 0.6 is 23.1 Å². The number of aromatic nitrogens is 1. The Balaban J connectivity index is 1.33. The number of sulfone groups is 1. The fraction of sp³-hybridized carbons (Fsp3) is 0.500. The molecular formula is C18H22N4O5S3. The highest BCUT2D eigenvalue weighted by molar-refractivity contribution is 8.01. The summed E-state index contributed by atoms with van der Waals surface area (Å²) in [6.45, 7) is 1.66. The molecular weight excluding hydrogens is 448 g/mol. The number of ether oxygens (including phenoxy) is 1. The van der Waals surface area contributed by atoms with E-state index in [0.29, 0.717) is 18.9 Å². The number of fused-ring (bicyclic) bond motifs is 1. The lowest BCUT2D eigenvalue weighted by Gasteiger charge is -2.26. The summed E-state index contributed by atoms with van der Waals surface area (Å²) in [4.78, 5) is 30.5. The summed E-state index contributed by atoms with van der Waals surface area (Å²) in [7, 11) is -3.03. The topological polar surface area (TPSA) is 118 Å². The average Bonchev–Trinajstić information content (AvgIpc) is 3.35. The monoisotopic (exact) mass is 470 g/mol. The number of nitrogens with one attached hydrogen (secondary N) is 2. The number of urea groups is 1. The third kappa shape index (κ3) is 5.42. The van der Waals surface area contributed by atoms with E-state index >= 15 is 0 Å². The standard InChI is InChI=1S/C18H22N4O5S3/c23-16(19-13-3-6-27-10-13)11-28-18-21-14-2-1-12(9-15(14)29-18)20-17(24)22-4-7-30(25,26)8-5-22/h1-2,9,13H,3-8,10-11H2,(H,19,23)(H,20,24). The second kappa shape index (κ2) is 9.08. The molecule has 2 aliphatic rings. The number of nitrogens with zero attached hydrogens (tertiary/aromatic N) is 2. The third-order valence-electron chi connectivity index (χ3n) is 4.87. The molecule has 2 aliphatic heterocycles. The van der Waals surface area contributed by atoms with Gasteiger partial charge in [-0.1, -0.05) is 11.8 Å². The van der Waals surface area contributed by atoms with Crippen LogP contribution in [-0.2, 0) is 19.4 Å². The van der Waals surface area contributed by atoms with E-state index in [0.717, 1.165) is 21.0 Å². The van der Waals surface area contributed by atoms with Crippen molar-refractivity contribution in [3.8, 4) is 0 Å². The van der Waals surface area contributed by atoms with Gasteiger partial charge in [-0.2, -0.15) is 0 Å². The molecule has 1 aromatic carbocycles. The van der Waals surface area contributed by atoms with Crippen molar-refractivity contribution >= 4 is 60.8 Å². The van der Waals surface area contributed by atoms with Crippen LogP contribution in [-0.4, -0.2) is 79.8 Å². The number of thiazole rings is 1. The molecule has 2 aromatic rings. The van der Waals surface area contributed by atoms with Gasteiger partial charge in [-0.05, 0) is 24.6 Å². The van der Waals surface area contributed by atoms with Crippen LogP contribution in [0, 0.1) is 0 Å². The molecule has 1 atom stereocenters. The first-order valence-electron chi connectivity index (χ1n) is 9.55. The van der Waals surface area contributed by atoms with Gasteiger partial charge in [-0.3, -0.25) is 4.79 Å². The van der Waals surface area contributed by atoms with Crippen LogP contribution in [0.15, 0.2) is 22.5 Å². The third-order valence-corrected chi connectivity index (χ3v) is 8.64. The van der Waals surface area contributed by atoms with Gasteiger partial charge in [0.05, 0.1) is 40.1 Å². The Hall–Kier alpha value is -1.89. The molecule has 1 aromatic heterocycles. The maximum atomic E-state index is 12.4. The molecule has 0 saturated carbocycles. The van der Waals surface area contributed by atoms with Crippen molar-refractivity contribution < 1.29 is 22.7 Å². The summed E-state index contributed by atoms with van der Waals surface area (Å²) >= 11 is 2.84. The van der Waals surface area contributed by atoms with E-state index in [9.17, 15) is 18.0 Å². The van der Waals surface area contributed by atoms with Gasteiger partial charge < -0.3 is 20.3 Å². The number of carbonyl (C=O) groups excluding carboxylic acids is 2. The smallest absolute Gasteiger partial charge is 0.321 e. The summed E-state index contributed by atoms with van der Waals surface area (Å²) in [5, 5.41) is 5.77. The predicted octanol–water partition coefficient (Wildman–Crippen LogP) is 1.56. The van der Waals surface area contributed by atoms with Gasteiger partial charge in [0.2, 0.25) is 5.91 Å². The molecule has 9 nitrogen and oxygen atoms in total. The number of anilines is 1. The van der Waals surface area contributed by atoms with Crippen molar-refractivity contribution in [1.29, 1.82) is 0 Å². The van der Waals surface area contributed by atoms with Crippen LogP contribution in [0.5, 0.6) is 0 Å². The normalized spacial score (nSPS) is 20.9. The first kappa shape index (κ1) is 21.3. The van der Waals surface area contributed by atoms with Gasteiger partial charge in [-0.15, -0.1) is 11.3 Å². The molecule has 1 unspecified atom stereocenters. The zero-order valence-electron chi connectivity index (χ0n) is 16.1. The zero-order valence-corrected chi connectivity index (χ0v) is 18.6. The van der Waals surface area contributed by atoms with E-state index in [1.54, 1.807) is 6.07 Å². The van der Waals surface area contributed by atoms with Crippen LogP contribution in [0.1, 0.15) is 6.42 Å². The number of rotatable bonds is 5. The molecule has 162 valence electrons. The second-order valence-corrected chi connectivity index (χ2v) is 11.7. The molecule has 0 bridgehead atoms. The number of amides is 3. The number of thioether (sulfide) groups is 1. The summed E-state index contributed by atoms with van der Waals surface area (Å²) < 4.78 is 30.0. The number of hydrogen-bond acceptors (Lipinski definition) is 8. The maximum absolute atomic E-state index is 12.4. The minimum absolute atomic E-state index is 0.00374. The minimum atomic E-state index is -3.03. The van der Waals surface area contributed by atoms with Crippen molar-refractivity contribution in [2.45, 2.75) is 16.8 Å². The summed E-state index contributed by atoms with van der Waals surface area (Å²) in [6, 6.07) is 5.21. The van der Waals surface area contributed by atoms with Crippen LogP contribution in [0.4, 0.5) is 10.5 Å². The van der Waals surface area contributed by atoms with Crippen LogP contribution < -0.4 is 10.6 Å². The number of benzene rings is 1. The largest absolute Gasteiger partial charge is 0.379 e. The Morgan fingerprint density at radius 2 is 2.10 bits per heavy atom. The summed E-state index contributed by atoms with van der Waals surface area (Å²) in [5.41, 5.74) is 1.43. The van der Waals surface area contributed by atoms with Crippen LogP contribution in [0.3, 0.4) is 0 Å². The fourth-order valence-electron chi connectivity index (χ4n) is 3.21. The predicted molar refractivity (Wildman–Crippen MR) is 117 cm³/mol. The fourth-order valence-corrected chi connectivity index (χ4v) is 6.33. The van der Waals surface area contributed by atoms with Gasteiger partial charge >= 0.3 is 6.03 Å². The SMILES string of the molecule is O=C(CSc1nc2ccc(NC(=O)N3CCS(=O)(=O)CC3)cc2s1)NC1CCOC1. The Bertz CT molecular complexity index is 1040. The first-order chi connectivity index (χ1) is 14.4. The molecule has 2 fully saturated rings.